The molecule has 6 heterocycles. The molecule has 0 radical (unpaired) electrons. The molecule has 6 aliphatic rings. The molecule has 2 atom stereocenters. The summed E-state index contributed by atoms with van der Waals surface area (Å²) in [6.07, 6.45) is 2.74. The minimum absolute atomic E-state index is 0.105. The standard InChI is InChI=1S/C26H33N3O3S.C19H21N3OS.C7H13BrO2/c1-3-9-23-21(7-1)26(27-22-8-2-4-10-24(22)33-23)29-14-12-28(13-15-29)16-18-30-19-20-32-25-11-5-6-17-31-25;23-14-13-21-9-11-22(12-10-21)19-15-5-1-3-7-17(15)24-18-8-4-2-6-16(18)20-19;8-4-6-10-7-3-1-2-5-9-7/h1-4,7-10,25H,5-6,11-20H2;1-8,23H,9-14H2;7H,1-6H2/i16D2,18D2,19D2,20D2;13D2,14D2;4D2,6D2. The van der Waals surface area contributed by atoms with Crippen LogP contribution in [-0.4, -0.2) is 166 Å². The first-order valence-electron chi connectivity index (χ1n) is 30.5. The van der Waals surface area contributed by atoms with Crippen molar-refractivity contribution in [1.29, 1.82) is 0 Å². The molecule has 67 heavy (non-hydrogen) atoms. The smallest absolute Gasteiger partial charge is 0.157 e. The molecule has 10 rings (SSSR count). The fraction of sp³-hybridized carbons (Fsp3) is 0.500. The molecule has 0 amide bonds. The first-order valence-corrected chi connectivity index (χ1v) is 24.9. The van der Waals surface area contributed by atoms with Crippen LogP contribution in [0.3, 0.4) is 0 Å². The lowest BCUT2D eigenvalue weighted by Crippen LogP contribution is -2.49. The Labute approximate surface area is 437 Å². The van der Waals surface area contributed by atoms with Crippen LogP contribution in [-0.2, 0) is 23.7 Å². The summed E-state index contributed by atoms with van der Waals surface area (Å²) >= 11 is 5.92. The van der Waals surface area contributed by atoms with Gasteiger partial charge in [0.25, 0.3) is 0 Å². The van der Waals surface area contributed by atoms with Crippen LogP contribution in [0.25, 0.3) is 0 Å². The summed E-state index contributed by atoms with van der Waals surface area (Å²) in [6, 6.07) is 31.9. The van der Waals surface area contributed by atoms with E-state index in [2.05, 4.69) is 33.0 Å². The number of fused-ring (bicyclic) bond motifs is 4. The number of hydrogen-bond donors (Lipinski definition) is 1. The van der Waals surface area contributed by atoms with Gasteiger partial charge in [0.2, 0.25) is 0 Å². The molecule has 0 saturated carbocycles. The average molecular weight is 1030 g/mol. The SMILES string of the molecule is [2H]C([2H])(Br)C([2H])([2H])OC1CCCCO1.[2H]C([2H])(O)C([2H])([2H])N1CCN(C2=Nc3ccccc3Sc3ccccc32)CC1.[2H]C([2H])(OC1CCCCO1)C([2H])([2H])OC([2H])([2H])C([2H])([2H])N1CCN(C2=Nc3ccccc3Sc3ccccc32)CC1. The van der Waals surface area contributed by atoms with Gasteiger partial charge in [-0.25, -0.2) is 9.98 Å². The van der Waals surface area contributed by atoms with E-state index in [9.17, 15) is 5.11 Å². The van der Waals surface area contributed by atoms with Crippen molar-refractivity contribution in [2.75, 3.05) is 117 Å². The summed E-state index contributed by atoms with van der Waals surface area (Å²) < 4.78 is 152. The fourth-order valence-corrected chi connectivity index (χ4v) is 10.00. The van der Waals surface area contributed by atoms with E-state index < -0.39 is 63.7 Å². The number of β-amino-alcohol motifs (C(OH)–C–C–N with tert-alkyl or cyclic N) is 1. The van der Waals surface area contributed by atoms with E-state index in [0.717, 1.165) is 79.4 Å². The molecule has 0 spiro atoms. The van der Waals surface area contributed by atoms with Crippen molar-refractivity contribution >= 4 is 62.5 Å². The normalized spacial score (nSPS) is 26.0. The zero-order chi connectivity index (χ0) is 60.2. The Morgan fingerprint density at radius 2 is 1.03 bits per heavy atom. The number of hydrogen-bond acceptors (Lipinski definition) is 14. The molecule has 4 aromatic carbocycles. The summed E-state index contributed by atoms with van der Waals surface area (Å²) in [5, 5.41) is 7.36. The highest BCUT2D eigenvalue weighted by molar-refractivity contribution is 9.09. The molecular formula is C52H67BrN6O6S2. The van der Waals surface area contributed by atoms with E-state index in [0.29, 0.717) is 65.3 Å². The maximum atomic E-state index is 9.57. The van der Waals surface area contributed by atoms with Gasteiger partial charge in [0, 0.05) is 123 Å². The quantitative estimate of drug-likeness (QED) is 0.137. The van der Waals surface area contributed by atoms with Crippen LogP contribution < -0.4 is 0 Å². The summed E-state index contributed by atoms with van der Waals surface area (Å²) in [7, 11) is 0. The van der Waals surface area contributed by atoms with Crippen molar-refractivity contribution in [3.05, 3.63) is 108 Å². The predicted octanol–water partition coefficient (Wildman–Crippen LogP) is 9.17. The van der Waals surface area contributed by atoms with E-state index in [1.807, 2.05) is 89.8 Å². The summed E-state index contributed by atoms with van der Waals surface area (Å²) in [5.41, 5.74) is 3.74. The fourth-order valence-electron chi connectivity index (χ4n) is 7.87. The summed E-state index contributed by atoms with van der Waals surface area (Å²) in [5.74, 6) is 1.60. The van der Waals surface area contributed by atoms with Crippen LogP contribution in [0.4, 0.5) is 11.4 Å². The Balaban J connectivity index is 0.000000184. The molecule has 4 fully saturated rings. The molecule has 4 saturated heterocycles. The van der Waals surface area contributed by atoms with Gasteiger partial charge in [-0.1, -0.05) is 100 Å². The maximum absolute atomic E-state index is 9.57. The van der Waals surface area contributed by atoms with Crippen LogP contribution in [0.5, 0.6) is 0 Å². The van der Waals surface area contributed by atoms with Crippen molar-refractivity contribution < 1.29 is 50.7 Å². The molecule has 1 N–H and O–H groups in total. The van der Waals surface area contributed by atoms with Crippen molar-refractivity contribution in [2.24, 2.45) is 9.98 Å². The summed E-state index contributed by atoms with van der Waals surface area (Å²) in [4.78, 5) is 20.9. The van der Waals surface area contributed by atoms with Crippen LogP contribution >= 0.6 is 39.5 Å². The first kappa shape index (κ1) is 33.3. The number of rotatable bonds is 12. The van der Waals surface area contributed by atoms with Crippen molar-refractivity contribution in [1.82, 2.24) is 19.6 Å². The van der Waals surface area contributed by atoms with Crippen molar-refractivity contribution in [3.8, 4) is 0 Å². The van der Waals surface area contributed by atoms with Crippen molar-refractivity contribution in [2.45, 2.75) is 70.7 Å². The van der Waals surface area contributed by atoms with Crippen LogP contribution in [0.1, 0.15) is 71.6 Å². The number of aliphatic hydroxyl groups is 1. The van der Waals surface area contributed by atoms with Gasteiger partial charge in [-0.2, -0.15) is 0 Å². The predicted molar refractivity (Wildman–Crippen MR) is 273 cm³/mol. The number of ether oxygens (including phenoxy) is 5. The lowest BCUT2D eigenvalue weighted by molar-refractivity contribution is -0.169. The van der Waals surface area contributed by atoms with E-state index in [4.69, 9.17) is 55.6 Å². The van der Waals surface area contributed by atoms with E-state index in [-0.39, 0.29) is 13.1 Å². The monoisotopic (exact) mass is 1030 g/mol. The highest BCUT2D eigenvalue weighted by Gasteiger charge is 2.27. The third-order valence-corrected chi connectivity index (χ3v) is 13.7. The lowest BCUT2D eigenvalue weighted by atomic mass is 10.1. The van der Waals surface area contributed by atoms with Crippen LogP contribution in [0, 0.1) is 0 Å². The van der Waals surface area contributed by atoms with E-state index in [1.54, 1.807) is 23.5 Å². The Morgan fingerprint density at radius 3 is 1.51 bits per heavy atom. The van der Waals surface area contributed by atoms with Crippen molar-refractivity contribution in [3.63, 3.8) is 0 Å². The number of benzene rings is 4. The van der Waals surface area contributed by atoms with E-state index >= 15 is 0 Å². The summed E-state index contributed by atoms with van der Waals surface area (Å²) in [6.45, 7) is -16.8. The number of amidine groups is 2. The van der Waals surface area contributed by atoms with Crippen LogP contribution in [0.2, 0.25) is 0 Å². The highest BCUT2D eigenvalue weighted by atomic mass is 79.9. The van der Waals surface area contributed by atoms with Gasteiger partial charge >= 0.3 is 0 Å². The van der Waals surface area contributed by atoms with Gasteiger partial charge in [-0.15, -0.1) is 0 Å². The van der Waals surface area contributed by atoms with Gasteiger partial charge < -0.3 is 38.6 Å². The van der Waals surface area contributed by atoms with Gasteiger partial charge in [-0.3, -0.25) is 9.80 Å². The number of nitrogens with zero attached hydrogens (tertiary/aromatic N) is 6. The molecule has 0 aromatic heterocycles. The maximum Gasteiger partial charge on any atom is 0.157 e. The molecular weight excluding hydrogens is 949 g/mol. The Hall–Kier alpha value is -3.32. The molecule has 4 aromatic rings. The number of alkyl halides is 1. The second-order valence-electron chi connectivity index (χ2n) is 15.7. The molecule has 15 heteroatoms. The number of halogens is 1. The van der Waals surface area contributed by atoms with Gasteiger partial charge in [-0.05, 0) is 74.9 Å². The third kappa shape index (κ3) is 14.8. The van der Waals surface area contributed by atoms with Crippen LogP contribution in [0.15, 0.2) is 127 Å². The Bertz CT molecular complexity index is 2900. The lowest BCUT2D eigenvalue weighted by Gasteiger charge is -2.36. The first-order chi connectivity index (χ1) is 38.9. The Kier molecular flexibility index (Phi) is 13.5. The Morgan fingerprint density at radius 1 is 0.567 bits per heavy atom. The minimum atomic E-state index is -3.31. The van der Waals surface area contributed by atoms with Gasteiger partial charge in [0.15, 0.2) is 12.6 Å². The number of piperazine rings is 2. The van der Waals surface area contributed by atoms with Gasteiger partial charge in [0.1, 0.15) is 11.7 Å². The number of aliphatic imine (C=N–C) groups is 2. The second kappa shape index (κ2) is 27.2. The molecule has 6 aliphatic heterocycles. The topological polar surface area (TPSA) is 104 Å². The molecule has 2 unspecified atom stereocenters. The zero-order valence-electron chi connectivity index (χ0n) is 53.1. The zero-order valence-corrected chi connectivity index (χ0v) is 40.3. The largest absolute Gasteiger partial charge is 0.395 e. The molecule has 0 bridgehead atoms. The van der Waals surface area contributed by atoms with Gasteiger partial charge in [0.05, 0.1) is 57.9 Å². The second-order valence-corrected chi connectivity index (χ2v) is 18.3. The highest BCUT2D eigenvalue weighted by Crippen LogP contribution is 2.42. The average Bonchev–Trinajstić information content (AvgIpc) is 3.24. The number of para-hydroxylation sites is 2. The van der Waals surface area contributed by atoms with E-state index in [1.165, 1.54) is 9.80 Å². The minimum Gasteiger partial charge on any atom is -0.395 e. The third-order valence-electron chi connectivity index (χ3n) is 11.3. The molecule has 12 nitrogen and oxygen atoms in total. The molecule has 360 valence electrons. The molecule has 0 aliphatic carbocycles.